The van der Waals surface area contributed by atoms with E-state index >= 15 is 0 Å². The third-order valence-corrected chi connectivity index (χ3v) is 8.80. The predicted molar refractivity (Wildman–Crippen MR) is 183 cm³/mol. The smallest absolute Gasteiger partial charge is 0.323 e. The summed E-state index contributed by atoms with van der Waals surface area (Å²) in [4.78, 5) is 31.3. The van der Waals surface area contributed by atoms with E-state index in [4.69, 9.17) is 19.2 Å². The number of carbonyl (C=O) groups is 1. The largest absolute Gasteiger partial charge is 0.495 e. The highest BCUT2D eigenvalue weighted by Gasteiger charge is 2.16. The van der Waals surface area contributed by atoms with Crippen LogP contribution in [0.4, 0.5) is 27.1 Å². The van der Waals surface area contributed by atoms with Gasteiger partial charge in [-0.2, -0.15) is 0 Å². The zero-order chi connectivity index (χ0) is 32.0. The zero-order valence-electron chi connectivity index (χ0n) is 26.4. The molecule has 0 unspecified atom stereocenters. The molecule has 0 spiro atoms. The lowest BCUT2D eigenvalue weighted by atomic mass is 10.2. The van der Waals surface area contributed by atoms with E-state index in [0.29, 0.717) is 46.2 Å². The van der Waals surface area contributed by atoms with E-state index in [-0.39, 0.29) is 6.03 Å². The number of amides is 2. The molecule has 1 aliphatic rings. The molecular formula is C33H38N8O4S. The molecule has 0 aliphatic carbocycles. The summed E-state index contributed by atoms with van der Waals surface area (Å²) in [6.07, 6.45) is 2.45. The number of methoxy groups -OCH3 is 2. The van der Waals surface area contributed by atoms with E-state index in [1.54, 1.807) is 14.2 Å². The number of nitrogens with zero attached hydrogens (tertiary/aromatic N) is 5. The number of aryl methyl sites for hydroxylation is 1. The van der Waals surface area contributed by atoms with E-state index in [1.165, 1.54) is 17.7 Å². The predicted octanol–water partition coefficient (Wildman–Crippen LogP) is 5.97. The molecule has 1 fully saturated rings. The van der Waals surface area contributed by atoms with Crippen molar-refractivity contribution >= 4 is 60.8 Å². The first-order chi connectivity index (χ1) is 22.4. The Kier molecular flexibility index (Phi) is 9.62. The number of thiazole rings is 1. The number of aromatic nitrogens is 3. The summed E-state index contributed by atoms with van der Waals surface area (Å²) in [6, 6.07) is 14.6. The maximum absolute atomic E-state index is 12.8. The van der Waals surface area contributed by atoms with Crippen molar-refractivity contribution in [1.82, 2.24) is 24.8 Å². The van der Waals surface area contributed by atoms with Gasteiger partial charge >= 0.3 is 6.03 Å². The van der Waals surface area contributed by atoms with Crippen molar-refractivity contribution in [3.8, 4) is 17.2 Å². The molecule has 46 heavy (non-hydrogen) atoms. The summed E-state index contributed by atoms with van der Waals surface area (Å²) >= 11 is 1.46. The standard InChI is InChI=1S/C33H38N8O4S/c1-21-6-9-27(43-3)26(16-21)37-32(42)36-22-7-8-24-30(17-22)46-33(38-24)39-31-23-18-28(44-4)29(19-25(23)34-20-35-31)45-15-5-10-41-13-11-40(2)12-14-41/h6-9,16-20H,5,10-15H2,1-4H3,(H2,36,37,42)(H,34,35,38,39). The van der Waals surface area contributed by atoms with Crippen LogP contribution in [0, 0.1) is 6.92 Å². The van der Waals surface area contributed by atoms with Gasteiger partial charge in [0.25, 0.3) is 0 Å². The molecule has 3 heterocycles. The van der Waals surface area contributed by atoms with Gasteiger partial charge in [0.15, 0.2) is 16.6 Å². The van der Waals surface area contributed by atoms with Crippen molar-refractivity contribution in [2.75, 3.05) is 76.5 Å². The third kappa shape index (κ3) is 7.39. The van der Waals surface area contributed by atoms with Gasteiger partial charge in [-0.05, 0) is 62.4 Å². The Hall–Kier alpha value is -4.72. The lowest BCUT2D eigenvalue weighted by molar-refractivity contribution is 0.145. The molecule has 0 radical (unpaired) electrons. The van der Waals surface area contributed by atoms with Crippen molar-refractivity contribution in [3.05, 3.63) is 60.4 Å². The van der Waals surface area contributed by atoms with Crippen LogP contribution >= 0.6 is 11.3 Å². The maximum atomic E-state index is 12.8. The topological polar surface area (TPSA) is 126 Å². The van der Waals surface area contributed by atoms with Crippen LogP contribution in [0.25, 0.3) is 21.1 Å². The van der Waals surface area contributed by atoms with Gasteiger partial charge in [0.1, 0.15) is 17.9 Å². The molecule has 6 rings (SSSR count). The molecule has 12 nitrogen and oxygen atoms in total. The Bertz CT molecular complexity index is 1840. The fourth-order valence-electron chi connectivity index (χ4n) is 5.34. The van der Waals surface area contributed by atoms with Crippen LogP contribution in [0.2, 0.25) is 0 Å². The Morgan fingerprint density at radius 1 is 0.913 bits per heavy atom. The number of hydrogen-bond donors (Lipinski definition) is 3. The molecule has 2 aromatic heterocycles. The van der Waals surface area contributed by atoms with Crippen LogP contribution in [0.15, 0.2) is 54.9 Å². The second-order valence-electron chi connectivity index (χ2n) is 11.2. The molecular weight excluding hydrogens is 604 g/mol. The normalized spacial score (nSPS) is 13.9. The number of ether oxygens (including phenoxy) is 3. The van der Waals surface area contributed by atoms with Crippen LogP contribution in [0.3, 0.4) is 0 Å². The van der Waals surface area contributed by atoms with Crippen molar-refractivity contribution in [2.45, 2.75) is 13.3 Å². The van der Waals surface area contributed by atoms with Gasteiger partial charge in [-0.3, -0.25) is 0 Å². The van der Waals surface area contributed by atoms with Crippen LogP contribution < -0.4 is 30.2 Å². The first-order valence-electron chi connectivity index (χ1n) is 15.1. The lowest BCUT2D eigenvalue weighted by Gasteiger charge is -2.32. The van der Waals surface area contributed by atoms with Crippen LogP contribution in [-0.2, 0) is 0 Å². The van der Waals surface area contributed by atoms with Crippen LogP contribution in [-0.4, -0.2) is 91.4 Å². The number of rotatable bonds is 11. The van der Waals surface area contributed by atoms with Gasteiger partial charge in [0, 0.05) is 49.9 Å². The number of piperazine rings is 1. The SMILES string of the molecule is COc1ccc(C)cc1NC(=O)Nc1ccc2nc(Nc3ncnc4cc(OCCCN5CCN(C)CC5)c(OC)cc34)sc2c1. The molecule has 0 atom stereocenters. The Morgan fingerprint density at radius 3 is 2.54 bits per heavy atom. The molecule has 3 aromatic carbocycles. The lowest BCUT2D eigenvalue weighted by Crippen LogP contribution is -2.44. The van der Waals surface area contributed by atoms with Crippen molar-refractivity contribution < 1.29 is 19.0 Å². The van der Waals surface area contributed by atoms with Gasteiger partial charge < -0.3 is 40.0 Å². The average Bonchev–Trinajstić information content (AvgIpc) is 3.45. The number of nitrogens with one attached hydrogen (secondary N) is 3. The minimum Gasteiger partial charge on any atom is -0.495 e. The van der Waals surface area contributed by atoms with Gasteiger partial charge in [-0.1, -0.05) is 17.4 Å². The minimum atomic E-state index is -0.370. The third-order valence-electron chi connectivity index (χ3n) is 7.87. The van der Waals surface area contributed by atoms with Gasteiger partial charge in [0.05, 0.1) is 42.2 Å². The van der Waals surface area contributed by atoms with E-state index in [2.05, 4.69) is 42.8 Å². The molecule has 1 aliphatic heterocycles. The molecule has 3 N–H and O–H groups in total. The average molecular weight is 643 g/mol. The number of likely N-dealkylation sites (N-methyl/N-ethyl adjacent to an activating group) is 1. The number of benzene rings is 3. The van der Waals surface area contributed by atoms with Crippen molar-refractivity contribution in [2.24, 2.45) is 0 Å². The van der Waals surface area contributed by atoms with Crippen LogP contribution in [0.1, 0.15) is 12.0 Å². The van der Waals surface area contributed by atoms with E-state index in [0.717, 1.165) is 65.8 Å². The number of urea groups is 1. The number of carbonyl (C=O) groups excluding carboxylic acids is 1. The Morgan fingerprint density at radius 2 is 1.74 bits per heavy atom. The zero-order valence-corrected chi connectivity index (χ0v) is 27.2. The second kappa shape index (κ2) is 14.1. The summed E-state index contributed by atoms with van der Waals surface area (Å²) in [5, 5.41) is 10.5. The minimum absolute atomic E-state index is 0.370. The highest BCUT2D eigenvalue weighted by atomic mass is 32.1. The Labute approximate surface area is 271 Å². The van der Waals surface area contributed by atoms with Crippen molar-refractivity contribution in [1.29, 1.82) is 0 Å². The fraction of sp³-hybridized carbons (Fsp3) is 0.333. The quantitative estimate of drug-likeness (QED) is 0.148. The van der Waals surface area contributed by atoms with E-state index < -0.39 is 0 Å². The molecule has 0 saturated carbocycles. The molecule has 1 saturated heterocycles. The molecule has 2 amide bonds. The summed E-state index contributed by atoms with van der Waals surface area (Å²) in [7, 11) is 5.37. The maximum Gasteiger partial charge on any atom is 0.323 e. The molecule has 0 bridgehead atoms. The second-order valence-corrected chi connectivity index (χ2v) is 12.2. The summed E-state index contributed by atoms with van der Waals surface area (Å²) in [5.41, 5.74) is 3.77. The van der Waals surface area contributed by atoms with Crippen LogP contribution in [0.5, 0.6) is 17.2 Å². The number of fused-ring (bicyclic) bond motifs is 2. The monoisotopic (exact) mass is 642 g/mol. The van der Waals surface area contributed by atoms with E-state index in [9.17, 15) is 4.79 Å². The molecule has 5 aromatic rings. The highest BCUT2D eigenvalue weighted by molar-refractivity contribution is 7.22. The number of anilines is 4. The summed E-state index contributed by atoms with van der Waals surface area (Å²) in [6.45, 7) is 7.96. The van der Waals surface area contributed by atoms with Gasteiger partial charge in [-0.25, -0.2) is 19.7 Å². The highest BCUT2D eigenvalue weighted by Crippen LogP contribution is 2.36. The van der Waals surface area contributed by atoms with E-state index in [1.807, 2.05) is 55.5 Å². The molecule has 13 heteroatoms. The summed E-state index contributed by atoms with van der Waals surface area (Å²) in [5.74, 6) is 2.47. The number of hydrogen-bond acceptors (Lipinski definition) is 11. The fourth-order valence-corrected chi connectivity index (χ4v) is 6.24. The Balaban J connectivity index is 1.12. The first kappa shape index (κ1) is 31.3. The van der Waals surface area contributed by atoms with Crippen molar-refractivity contribution in [3.63, 3.8) is 0 Å². The molecule has 240 valence electrons. The summed E-state index contributed by atoms with van der Waals surface area (Å²) < 4.78 is 18.1. The van der Waals surface area contributed by atoms with Gasteiger partial charge in [-0.15, -0.1) is 0 Å². The first-order valence-corrected chi connectivity index (χ1v) is 16.0. The van der Waals surface area contributed by atoms with Gasteiger partial charge in [0.2, 0.25) is 0 Å².